The lowest BCUT2D eigenvalue weighted by Gasteiger charge is -2.62. The van der Waals surface area contributed by atoms with Crippen LogP contribution in [0.25, 0.3) is 0 Å². The number of carboxylic acids is 1. The summed E-state index contributed by atoms with van der Waals surface area (Å²) in [6, 6.07) is 0. The second-order valence-corrected chi connectivity index (χ2v) is 13.0. The lowest BCUT2D eigenvalue weighted by molar-refractivity contribution is -0.219. The fourth-order valence-corrected chi connectivity index (χ4v) is 9.55. The summed E-state index contributed by atoms with van der Waals surface area (Å²) >= 11 is 0. The van der Waals surface area contributed by atoms with Crippen LogP contribution in [0.2, 0.25) is 0 Å². The van der Waals surface area contributed by atoms with Gasteiger partial charge in [0, 0.05) is 19.3 Å². The SMILES string of the molecule is C[C@H](CCC(=O)O)[C@H]1CC[C@H]2[C@@H]3CC[C@@H]4C[C@@](O)(OS(=O)(=O)O)CC[C@]4(C)[C@H]3CC[C@]12C. The van der Waals surface area contributed by atoms with Gasteiger partial charge in [-0.05, 0) is 97.7 Å². The van der Waals surface area contributed by atoms with Crippen LogP contribution >= 0.6 is 0 Å². The standard InChI is InChI=1S/C24H40O7S/c1-15(4-9-21(25)26)18-7-8-19-17-6-5-16-14-24(27,31-32(28,29)30)13-12-22(16,2)20(17)10-11-23(18,19)3/h15-20,27H,4-14H2,1-3H3,(H,25,26)(H,28,29,30)/t15-,16-,17+,18-,19+,20+,22+,23-,24+/m1/s1. The first-order valence-electron chi connectivity index (χ1n) is 12.4. The molecule has 4 saturated carbocycles. The molecule has 0 aromatic heterocycles. The van der Waals surface area contributed by atoms with Gasteiger partial charge in [0.2, 0.25) is 0 Å². The average molecular weight is 473 g/mol. The van der Waals surface area contributed by atoms with Crippen molar-refractivity contribution in [3.05, 3.63) is 0 Å². The van der Waals surface area contributed by atoms with Gasteiger partial charge in [-0.2, -0.15) is 8.42 Å². The molecule has 4 fully saturated rings. The Morgan fingerprint density at radius 2 is 1.72 bits per heavy atom. The molecule has 8 heteroatoms. The van der Waals surface area contributed by atoms with Gasteiger partial charge >= 0.3 is 16.4 Å². The Balaban J connectivity index is 1.49. The highest BCUT2D eigenvalue weighted by Crippen LogP contribution is 2.69. The third-order valence-corrected chi connectivity index (χ3v) is 11.0. The summed E-state index contributed by atoms with van der Waals surface area (Å²) in [6.45, 7) is 7.02. The molecule has 0 aromatic rings. The minimum absolute atomic E-state index is 0.0477. The van der Waals surface area contributed by atoms with Crippen molar-refractivity contribution in [2.75, 3.05) is 0 Å². The number of fused-ring (bicyclic) bond motifs is 5. The summed E-state index contributed by atoms with van der Waals surface area (Å²) in [4.78, 5) is 11.1. The van der Waals surface area contributed by atoms with Crippen LogP contribution in [0.3, 0.4) is 0 Å². The first-order chi connectivity index (χ1) is 14.8. The largest absolute Gasteiger partial charge is 0.481 e. The summed E-state index contributed by atoms with van der Waals surface area (Å²) in [5, 5.41) is 19.8. The monoisotopic (exact) mass is 472 g/mol. The van der Waals surface area contributed by atoms with Crippen molar-refractivity contribution < 1.29 is 32.2 Å². The van der Waals surface area contributed by atoms with Gasteiger partial charge in [-0.15, -0.1) is 0 Å². The van der Waals surface area contributed by atoms with E-state index >= 15 is 0 Å². The zero-order valence-corrected chi connectivity index (χ0v) is 20.4. The third-order valence-electron chi connectivity index (χ3n) is 10.5. The first-order valence-corrected chi connectivity index (χ1v) is 13.8. The van der Waals surface area contributed by atoms with E-state index in [0.29, 0.717) is 36.0 Å². The molecule has 0 unspecified atom stereocenters. The van der Waals surface area contributed by atoms with Crippen LogP contribution in [-0.4, -0.2) is 34.9 Å². The summed E-state index contributed by atoms with van der Waals surface area (Å²) in [6.07, 6.45) is 8.92. The highest BCUT2D eigenvalue weighted by molar-refractivity contribution is 7.80. The lowest BCUT2D eigenvalue weighted by atomic mass is 9.44. The minimum Gasteiger partial charge on any atom is -0.481 e. The molecule has 4 aliphatic carbocycles. The van der Waals surface area contributed by atoms with Crippen molar-refractivity contribution in [1.82, 2.24) is 0 Å². The zero-order chi connectivity index (χ0) is 23.5. The first kappa shape index (κ1) is 24.4. The summed E-state index contributed by atoms with van der Waals surface area (Å²) < 4.78 is 36.3. The van der Waals surface area contributed by atoms with Gasteiger partial charge in [0.1, 0.15) is 0 Å². The van der Waals surface area contributed by atoms with Crippen molar-refractivity contribution in [3.8, 4) is 0 Å². The summed E-state index contributed by atoms with van der Waals surface area (Å²) in [7, 11) is -4.69. The van der Waals surface area contributed by atoms with Gasteiger partial charge in [-0.3, -0.25) is 9.35 Å². The van der Waals surface area contributed by atoms with Crippen LogP contribution in [0, 0.1) is 46.3 Å². The molecular weight excluding hydrogens is 432 g/mol. The van der Waals surface area contributed by atoms with Crippen LogP contribution in [0.15, 0.2) is 0 Å². The van der Waals surface area contributed by atoms with Crippen molar-refractivity contribution in [3.63, 3.8) is 0 Å². The third kappa shape index (κ3) is 4.25. The second-order valence-electron chi connectivity index (χ2n) is 12.0. The van der Waals surface area contributed by atoms with E-state index in [9.17, 15) is 18.3 Å². The maximum absolute atomic E-state index is 11.2. The zero-order valence-electron chi connectivity index (χ0n) is 19.6. The predicted molar refractivity (Wildman–Crippen MR) is 119 cm³/mol. The Labute approximate surface area is 192 Å². The Bertz CT molecular complexity index is 843. The molecule has 9 atom stereocenters. The molecule has 0 radical (unpaired) electrons. The van der Waals surface area contributed by atoms with E-state index in [-0.39, 0.29) is 36.0 Å². The van der Waals surface area contributed by atoms with Crippen molar-refractivity contribution >= 4 is 16.4 Å². The molecule has 0 heterocycles. The van der Waals surface area contributed by atoms with Gasteiger partial charge in [0.15, 0.2) is 5.79 Å². The maximum Gasteiger partial charge on any atom is 0.400 e. The molecular formula is C24H40O7S. The number of hydrogen-bond donors (Lipinski definition) is 3. The molecule has 0 saturated heterocycles. The fraction of sp³-hybridized carbons (Fsp3) is 0.958. The Hall–Kier alpha value is -0.700. The molecule has 3 N–H and O–H groups in total. The molecule has 0 aliphatic heterocycles. The number of carbonyl (C=O) groups is 1. The van der Waals surface area contributed by atoms with E-state index in [2.05, 4.69) is 20.8 Å². The number of aliphatic hydroxyl groups is 1. The quantitative estimate of drug-likeness (QED) is 0.380. The highest BCUT2D eigenvalue weighted by atomic mass is 32.3. The summed E-state index contributed by atoms with van der Waals surface area (Å²) in [5.41, 5.74) is 0.317. The van der Waals surface area contributed by atoms with Crippen LogP contribution in [0.1, 0.15) is 91.4 Å². The van der Waals surface area contributed by atoms with Gasteiger partial charge in [-0.25, -0.2) is 4.18 Å². The van der Waals surface area contributed by atoms with Crippen molar-refractivity contribution in [2.45, 2.75) is 97.2 Å². The number of hydrogen-bond acceptors (Lipinski definition) is 5. The van der Waals surface area contributed by atoms with Crippen LogP contribution < -0.4 is 0 Å². The van der Waals surface area contributed by atoms with E-state index in [4.69, 9.17) is 13.8 Å². The maximum atomic E-state index is 11.2. The number of rotatable bonds is 6. The average Bonchev–Trinajstić information content (AvgIpc) is 3.02. The van der Waals surface area contributed by atoms with Gasteiger partial charge in [0.05, 0.1) is 0 Å². The Morgan fingerprint density at radius 3 is 2.38 bits per heavy atom. The Morgan fingerprint density at radius 1 is 1.03 bits per heavy atom. The van der Waals surface area contributed by atoms with E-state index in [1.807, 2.05) is 0 Å². The normalized spacial score (nSPS) is 47.2. The second kappa shape index (κ2) is 8.21. The molecule has 32 heavy (non-hydrogen) atoms. The highest BCUT2D eigenvalue weighted by Gasteiger charge is 2.62. The van der Waals surface area contributed by atoms with Gasteiger partial charge in [0.25, 0.3) is 0 Å². The predicted octanol–water partition coefficient (Wildman–Crippen LogP) is 4.65. The van der Waals surface area contributed by atoms with Crippen LogP contribution in [-0.2, 0) is 19.4 Å². The van der Waals surface area contributed by atoms with E-state index in [1.165, 1.54) is 12.8 Å². The Kier molecular flexibility index (Phi) is 6.26. The van der Waals surface area contributed by atoms with Gasteiger partial charge < -0.3 is 10.2 Å². The molecule has 0 spiro atoms. The molecule has 184 valence electrons. The van der Waals surface area contributed by atoms with E-state index in [1.54, 1.807) is 0 Å². The van der Waals surface area contributed by atoms with Crippen LogP contribution in [0.4, 0.5) is 0 Å². The number of carboxylic acid groups (broad SMARTS) is 1. The van der Waals surface area contributed by atoms with Crippen molar-refractivity contribution in [2.24, 2.45) is 46.3 Å². The molecule has 0 amide bonds. The molecule has 4 rings (SSSR count). The smallest absolute Gasteiger partial charge is 0.400 e. The fourth-order valence-electron chi connectivity index (χ4n) is 9.01. The topological polar surface area (TPSA) is 121 Å². The number of aliphatic carboxylic acids is 1. The molecule has 7 nitrogen and oxygen atoms in total. The molecule has 0 aromatic carbocycles. The van der Waals surface area contributed by atoms with Crippen LogP contribution in [0.5, 0.6) is 0 Å². The van der Waals surface area contributed by atoms with E-state index in [0.717, 1.165) is 32.1 Å². The van der Waals surface area contributed by atoms with Gasteiger partial charge in [-0.1, -0.05) is 20.8 Å². The summed E-state index contributed by atoms with van der Waals surface area (Å²) in [5.74, 6) is 0.535. The van der Waals surface area contributed by atoms with E-state index < -0.39 is 22.2 Å². The molecule has 0 bridgehead atoms. The lowest BCUT2D eigenvalue weighted by Crippen LogP contribution is -2.56. The molecule has 4 aliphatic rings. The minimum atomic E-state index is -4.69. The van der Waals surface area contributed by atoms with Crippen molar-refractivity contribution in [1.29, 1.82) is 0 Å².